The normalized spacial score (nSPS) is 13.4. The van der Waals surface area contributed by atoms with Crippen LogP contribution in [0.2, 0.25) is 0 Å². The molecule has 1 aromatic carbocycles. The van der Waals surface area contributed by atoms with Crippen molar-refractivity contribution in [2.75, 3.05) is 29.9 Å². The van der Waals surface area contributed by atoms with Gasteiger partial charge in [0.2, 0.25) is 0 Å². The number of anilines is 2. The molecule has 0 saturated heterocycles. The second-order valence-corrected chi connectivity index (χ2v) is 6.71. The highest BCUT2D eigenvalue weighted by molar-refractivity contribution is 5.91. The maximum atomic E-state index is 12.3. The van der Waals surface area contributed by atoms with Crippen LogP contribution in [0.1, 0.15) is 39.7 Å². The van der Waals surface area contributed by atoms with Crippen molar-refractivity contribution < 1.29 is 19.1 Å². The van der Waals surface area contributed by atoms with Crippen molar-refractivity contribution in [3.05, 3.63) is 23.8 Å². The van der Waals surface area contributed by atoms with Crippen molar-refractivity contribution in [3.63, 3.8) is 0 Å². The first-order valence-electron chi connectivity index (χ1n) is 8.33. The molecule has 0 fully saturated rings. The Labute approximate surface area is 143 Å². The summed E-state index contributed by atoms with van der Waals surface area (Å²) in [4.78, 5) is 25.4. The lowest BCUT2D eigenvalue weighted by atomic mass is 10.1. The number of hydrogen-bond acceptors (Lipinski definition) is 5. The largest absolute Gasteiger partial charge is 0.466 e. The molecule has 6 heteroatoms. The minimum Gasteiger partial charge on any atom is -0.466 e. The second kappa shape index (κ2) is 7.55. The first kappa shape index (κ1) is 18.1. The number of amides is 1. The number of benzene rings is 1. The molecule has 0 aliphatic carbocycles. The maximum absolute atomic E-state index is 12.3. The zero-order valence-corrected chi connectivity index (χ0v) is 14.8. The fourth-order valence-electron chi connectivity index (χ4n) is 2.54. The number of carbonyl (C=O) groups excluding carboxylic acids is 2. The molecule has 1 aliphatic rings. The average molecular weight is 334 g/mol. The summed E-state index contributed by atoms with van der Waals surface area (Å²) in [7, 11) is 0. The summed E-state index contributed by atoms with van der Waals surface area (Å²) in [5, 5.41) is 3.19. The monoisotopic (exact) mass is 334 g/mol. The van der Waals surface area contributed by atoms with Gasteiger partial charge in [-0.1, -0.05) is 6.07 Å². The van der Waals surface area contributed by atoms with Gasteiger partial charge in [-0.05, 0) is 51.8 Å². The highest BCUT2D eigenvalue weighted by atomic mass is 16.6. The summed E-state index contributed by atoms with van der Waals surface area (Å²) in [5.41, 5.74) is 2.34. The Morgan fingerprint density at radius 3 is 2.71 bits per heavy atom. The number of fused-ring (bicyclic) bond motifs is 1. The van der Waals surface area contributed by atoms with E-state index in [1.165, 1.54) is 0 Å². The van der Waals surface area contributed by atoms with Gasteiger partial charge in [0, 0.05) is 18.8 Å². The number of nitrogens with zero attached hydrogens (tertiary/aromatic N) is 1. The van der Waals surface area contributed by atoms with Gasteiger partial charge >= 0.3 is 12.1 Å². The molecule has 24 heavy (non-hydrogen) atoms. The molecule has 1 N–H and O–H groups in total. The van der Waals surface area contributed by atoms with Crippen LogP contribution in [0.4, 0.5) is 16.2 Å². The van der Waals surface area contributed by atoms with Crippen LogP contribution in [-0.2, 0) is 20.7 Å². The molecule has 132 valence electrons. The first-order valence-corrected chi connectivity index (χ1v) is 8.33. The summed E-state index contributed by atoms with van der Waals surface area (Å²) in [5.74, 6) is -0.221. The third kappa shape index (κ3) is 4.88. The van der Waals surface area contributed by atoms with Crippen molar-refractivity contribution in [2.24, 2.45) is 0 Å². The lowest BCUT2D eigenvalue weighted by Gasteiger charge is -2.25. The Balaban J connectivity index is 2.00. The molecular weight excluding hydrogens is 308 g/mol. The topological polar surface area (TPSA) is 67.9 Å². The highest BCUT2D eigenvalue weighted by Crippen LogP contribution is 2.32. The Morgan fingerprint density at radius 2 is 2.04 bits per heavy atom. The fraction of sp³-hybridized carbons (Fsp3) is 0.556. The van der Waals surface area contributed by atoms with Crippen LogP contribution in [0.25, 0.3) is 0 Å². The van der Waals surface area contributed by atoms with E-state index in [1.54, 1.807) is 11.8 Å². The predicted octanol–water partition coefficient (Wildman–Crippen LogP) is 3.35. The lowest BCUT2D eigenvalue weighted by molar-refractivity contribution is -0.142. The molecule has 0 saturated carbocycles. The van der Waals surface area contributed by atoms with E-state index in [0.29, 0.717) is 26.1 Å². The van der Waals surface area contributed by atoms with Crippen molar-refractivity contribution in [1.82, 2.24) is 0 Å². The van der Waals surface area contributed by atoms with Crippen LogP contribution in [0.3, 0.4) is 0 Å². The molecule has 0 aromatic heterocycles. The van der Waals surface area contributed by atoms with Crippen LogP contribution in [0, 0.1) is 0 Å². The summed E-state index contributed by atoms with van der Waals surface area (Å²) >= 11 is 0. The summed E-state index contributed by atoms with van der Waals surface area (Å²) in [6.45, 7) is 8.86. The van der Waals surface area contributed by atoms with E-state index in [-0.39, 0.29) is 12.1 Å². The zero-order valence-electron chi connectivity index (χ0n) is 14.8. The van der Waals surface area contributed by atoms with Gasteiger partial charge in [-0.25, -0.2) is 4.79 Å². The lowest BCUT2D eigenvalue weighted by Crippen LogP contribution is -2.35. The molecule has 1 amide bonds. The van der Waals surface area contributed by atoms with Gasteiger partial charge in [0.1, 0.15) is 5.60 Å². The minimum atomic E-state index is -0.519. The highest BCUT2D eigenvalue weighted by Gasteiger charge is 2.29. The number of ether oxygens (including phenoxy) is 2. The van der Waals surface area contributed by atoms with Crippen LogP contribution < -0.4 is 10.2 Å². The standard InChI is InChI=1S/C18H26N2O4/c1-5-23-16(21)8-10-19-14-7-6-13-9-11-20(15(13)12-14)17(22)24-18(2,3)4/h6-7,12,19H,5,8-11H2,1-4H3. The molecule has 0 bridgehead atoms. The van der Waals surface area contributed by atoms with E-state index in [1.807, 2.05) is 39.0 Å². The number of esters is 1. The van der Waals surface area contributed by atoms with Gasteiger partial charge in [-0.15, -0.1) is 0 Å². The number of nitrogens with one attached hydrogen (secondary N) is 1. The first-order chi connectivity index (χ1) is 11.3. The second-order valence-electron chi connectivity index (χ2n) is 6.71. The van der Waals surface area contributed by atoms with Gasteiger partial charge in [-0.3, -0.25) is 9.69 Å². The third-order valence-corrected chi connectivity index (χ3v) is 3.56. The molecule has 6 nitrogen and oxygen atoms in total. The Kier molecular flexibility index (Phi) is 5.70. The fourth-order valence-corrected chi connectivity index (χ4v) is 2.54. The summed E-state index contributed by atoms with van der Waals surface area (Å²) in [6, 6.07) is 5.90. The molecule has 0 atom stereocenters. The predicted molar refractivity (Wildman–Crippen MR) is 93.5 cm³/mol. The van der Waals surface area contributed by atoms with Gasteiger partial charge in [-0.2, -0.15) is 0 Å². The van der Waals surface area contributed by atoms with Crippen molar-refractivity contribution in [3.8, 4) is 0 Å². The van der Waals surface area contributed by atoms with Crippen molar-refractivity contribution in [1.29, 1.82) is 0 Å². The average Bonchev–Trinajstić information content (AvgIpc) is 2.89. The van der Waals surface area contributed by atoms with E-state index in [4.69, 9.17) is 9.47 Å². The molecule has 1 heterocycles. The Bertz CT molecular complexity index is 608. The number of carbonyl (C=O) groups is 2. The molecule has 0 unspecified atom stereocenters. The van der Waals surface area contributed by atoms with E-state index in [2.05, 4.69) is 5.32 Å². The molecule has 1 aliphatic heterocycles. The molecule has 2 rings (SSSR count). The minimum absolute atomic E-state index is 0.221. The van der Waals surface area contributed by atoms with Gasteiger partial charge in [0.15, 0.2) is 0 Å². The van der Waals surface area contributed by atoms with Gasteiger partial charge in [0.05, 0.1) is 18.7 Å². The van der Waals surface area contributed by atoms with E-state index < -0.39 is 5.60 Å². The SMILES string of the molecule is CCOC(=O)CCNc1ccc2c(c1)N(C(=O)OC(C)(C)C)CC2. The van der Waals surface area contributed by atoms with Crippen LogP contribution >= 0.6 is 0 Å². The van der Waals surface area contributed by atoms with Crippen LogP contribution in [0.15, 0.2) is 18.2 Å². The van der Waals surface area contributed by atoms with Gasteiger partial charge in [0.25, 0.3) is 0 Å². The molecule has 0 radical (unpaired) electrons. The molecular formula is C18H26N2O4. The molecule has 1 aromatic rings. The maximum Gasteiger partial charge on any atom is 0.414 e. The number of hydrogen-bond donors (Lipinski definition) is 1. The van der Waals surface area contributed by atoms with Crippen LogP contribution in [-0.4, -0.2) is 37.4 Å². The zero-order chi connectivity index (χ0) is 17.7. The quantitative estimate of drug-likeness (QED) is 0.836. The van der Waals surface area contributed by atoms with Crippen LogP contribution in [0.5, 0.6) is 0 Å². The van der Waals surface area contributed by atoms with Crippen molar-refractivity contribution in [2.45, 2.75) is 46.1 Å². The number of rotatable bonds is 5. The van der Waals surface area contributed by atoms with E-state index >= 15 is 0 Å². The van der Waals surface area contributed by atoms with Gasteiger partial charge < -0.3 is 14.8 Å². The molecule has 0 spiro atoms. The van der Waals surface area contributed by atoms with E-state index in [0.717, 1.165) is 23.4 Å². The smallest absolute Gasteiger partial charge is 0.414 e. The summed E-state index contributed by atoms with van der Waals surface area (Å²) < 4.78 is 10.4. The van der Waals surface area contributed by atoms with E-state index in [9.17, 15) is 9.59 Å². The Hall–Kier alpha value is -2.24. The summed E-state index contributed by atoms with van der Waals surface area (Å²) in [6.07, 6.45) is 0.795. The third-order valence-electron chi connectivity index (χ3n) is 3.56. The Morgan fingerprint density at radius 1 is 1.29 bits per heavy atom. The van der Waals surface area contributed by atoms with Crippen molar-refractivity contribution >= 4 is 23.4 Å².